The van der Waals surface area contributed by atoms with Gasteiger partial charge in [0.05, 0.1) is 5.56 Å². The molecule has 0 bridgehead atoms. The van der Waals surface area contributed by atoms with E-state index in [1.165, 1.54) is 19.2 Å². The lowest BCUT2D eigenvalue weighted by atomic mass is 10.2. The summed E-state index contributed by atoms with van der Waals surface area (Å²) in [4.78, 5) is 35.3. The average molecular weight is 409 g/mol. The molecule has 0 aliphatic rings. The van der Waals surface area contributed by atoms with Crippen LogP contribution in [0.5, 0.6) is 0 Å². The molecular weight excluding hydrogens is 395 g/mol. The monoisotopic (exact) mass is 408 g/mol. The number of anilines is 1. The van der Waals surface area contributed by atoms with Crippen LogP contribution in [0.1, 0.15) is 20.7 Å². The number of halogens is 2. The number of ether oxygens (including phenoxy) is 1. The van der Waals surface area contributed by atoms with Crippen LogP contribution >= 0.6 is 15.9 Å². The van der Waals surface area contributed by atoms with Crippen molar-refractivity contribution in [3.05, 3.63) is 63.9 Å². The Morgan fingerprint density at radius 3 is 2.60 bits per heavy atom. The Morgan fingerprint density at radius 2 is 1.92 bits per heavy atom. The third-order valence-corrected chi connectivity index (χ3v) is 3.78. The molecule has 25 heavy (non-hydrogen) atoms. The molecule has 2 rings (SSSR count). The number of benzene rings is 2. The van der Waals surface area contributed by atoms with Gasteiger partial charge in [-0.05, 0) is 52.3 Å². The molecule has 0 aromatic heterocycles. The third kappa shape index (κ3) is 5.12. The Kier molecular flexibility index (Phi) is 6.24. The van der Waals surface area contributed by atoms with Gasteiger partial charge in [-0.2, -0.15) is 0 Å². The summed E-state index contributed by atoms with van der Waals surface area (Å²) in [5.41, 5.74) is 0.883. The molecule has 8 heteroatoms. The molecule has 0 radical (unpaired) electrons. The molecule has 0 spiro atoms. The molecule has 0 heterocycles. The first-order valence-corrected chi connectivity index (χ1v) is 7.94. The van der Waals surface area contributed by atoms with Crippen LogP contribution in [0, 0.1) is 5.82 Å². The predicted octanol–water partition coefficient (Wildman–Crippen LogP) is 2.74. The molecule has 6 nitrogen and oxygen atoms in total. The molecule has 0 saturated heterocycles. The average Bonchev–Trinajstić information content (AvgIpc) is 2.59. The van der Waals surface area contributed by atoms with E-state index in [2.05, 4.69) is 26.6 Å². The molecule has 0 fully saturated rings. The minimum Gasteiger partial charge on any atom is -0.452 e. The number of carbonyl (C=O) groups excluding carboxylic acids is 3. The van der Waals surface area contributed by atoms with Gasteiger partial charge >= 0.3 is 5.97 Å². The first kappa shape index (κ1) is 18.6. The Morgan fingerprint density at radius 1 is 1.16 bits per heavy atom. The molecule has 2 N–H and O–H groups in total. The lowest BCUT2D eigenvalue weighted by Gasteiger charge is -2.08. The summed E-state index contributed by atoms with van der Waals surface area (Å²) in [5.74, 6) is -2.12. The number of esters is 1. The normalized spacial score (nSPS) is 10.0. The maximum atomic E-state index is 13.0. The van der Waals surface area contributed by atoms with E-state index in [4.69, 9.17) is 4.74 Å². The highest BCUT2D eigenvalue weighted by molar-refractivity contribution is 9.10. The minimum absolute atomic E-state index is 0.107. The van der Waals surface area contributed by atoms with Gasteiger partial charge in [-0.15, -0.1) is 0 Å². The Balaban J connectivity index is 1.94. The predicted molar refractivity (Wildman–Crippen MR) is 92.8 cm³/mol. The smallest absolute Gasteiger partial charge is 0.339 e. The highest BCUT2D eigenvalue weighted by Gasteiger charge is 2.14. The molecule has 130 valence electrons. The molecular formula is C17H14BrFN2O4. The molecule has 0 atom stereocenters. The maximum absolute atomic E-state index is 13.0. The van der Waals surface area contributed by atoms with E-state index >= 15 is 0 Å². The van der Waals surface area contributed by atoms with Crippen molar-refractivity contribution >= 4 is 39.4 Å². The molecule has 0 aliphatic carbocycles. The number of amides is 2. The van der Waals surface area contributed by atoms with Crippen LogP contribution in [0.4, 0.5) is 10.1 Å². The summed E-state index contributed by atoms with van der Waals surface area (Å²) in [5, 5.41) is 5.00. The fourth-order valence-electron chi connectivity index (χ4n) is 1.94. The van der Waals surface area contributed by atoms with Crippen molar-refractivity contribution in [2.75, 3.05) is 19.0 Å². The summed E-state index contributed by atoms with van der Waals surface area (Å²) in [7, 11) is 1.50. The Labute approximate surface area is 151 Å². The standard InChI is InChI=1S/C17H14BrFN2O4/c1-20-16(23)10-3-2-4-12(7-10)21-15(22)9-25-17(24)13-6-5-11(19)8-14(13)18/h2-8H,9H2,1H3,(H,20,23)(H,21,22). The van der Waals surface area contributed by atoms with Crippen molar-refractivity contribution < 1.29 is 23.5 Å². The lowest BCUT2D eigenvalue weighted by Crippen LogP contribution is -2.22. The van der Waals surface area contributed by atoms with Crippen molar-refractivity contribution in [3.63, 3.8) is 0 Å². The van der Waals surface area contributed by atoms with Crippen LogP contribution in [-0.2, 0) is 9.53 Å². The van der Waals surface area contributed by atoms with Crippen molar-refractivity contribution in [2.45, 2.75) is 0 Å². The molecule has 2 aromatic carbocycles. The van der Waals surface area contributed by atoms with Crippen molar-refractivity contribution in [2.24, 2.45) is 0 Å². The summed E-state index contributed by atoms with van der Waals surface area (Å²) in [6, 6.07) is 9.80. The molecule has 2 aromatic rings. The van der Waals surface area contributed by atoms with Crippen LogP contribution < -0.4 is 10.6 Å². The van der Waals surface area contributed by atoms with Gasteiger partial charge in [0, 0.05) is 22.8 Å². The van der Waals surface area contributed by atoms with E-state index in [0.29, 0.717) is 11.3 Å². The van der Waals surface area contributed by atoms with Gasteiger partial charge in [0.1, 0.15) is 5.82 Å². The number of carbonyl (C=O) groups is 3. The minimum atomic E-state index is -0.763. The van der Waals surface area contributed by atoms with Crippen molar-refractivity contribution in [3.8, 4) is 0 Å². The summed E-state index contributed by atoms with van der Waals surface area (Å²) >= 11 is 3.06. The Hall–Kier alpha value is -2.74. The van der Waals surface area contributed by atoms with Crippen molar-refractivity contribution in [1.29, 1.82) is 0 Å². The van der Waals surface area contributed by atoms with E-state index in [-0.39, 0.29) is 15.9 Å². The highest BCUT2D eigenvalue weighted by Crippen LogP contribution is 2.19. The third-order valence-electron chi connectivity index (χ3n) is 3.12. The van der Waals surface area contributed by atoms with Crippen LogP contribution in [0.2, 0.25) is 0 Å². The molecule has 0 unspecified atom stereocenters. The molecule has 0 saturated carbocycles. The lowest BCUT2D eigenvalue weighted by molar-refractivity contribution is -0.119. The SMILES string of the molecule is CNC(=O)c1cccc(NC(=O)COC(=O)c2ccc(F)cc2Br)c1. The van der Waals surface area contributed by atoms with Crippen molar-refractivity contribution in [1.82, 2.24) is 5.32 Å². The number of hydrogen-bond donors (Lipinski definition) is 2. The zero-order valence-corrected chi connectivity index (χ0v) is 14.7. The quantitative estimate of drug-likeness (QED) is 0.744. The summed E-state index contributed by atoms with van der Waals surface area (Å²) < 4.78 is 18.1. The number of rotatable bonds is 5. The van der Waals surface area contributed by atoms with Gasteiger partial charge in [0.15, 0.2) is 6.61 Å². The maximum Gasteiger partial charge on any atom is 0.339 e. The first-order valence-electron chi connectivity index (χ1n) is 7.15. The van der Waals surface area contributed by atoms with Gasteiger partial charge < -0.3 is 15.4 Å². The highest BCUT2D eigenvalue weighted by atomic mass is 79.9. The van der Waals surface area contributed by atoms with Gasteiger partial charge in [-0.3, -0.25) is 9.59 Å². The molecule has 0 aliphatic heterocycles. The molecule has 2 amide bonds. The van der Waals surface area contributed by atoms with E-state index < -0.39 is 24.3 Å². The summed E-state index contributed by atoms with van der Waals surface area (Å²) in [6.45, 7) is -0.521. The van der Waals surface area contributed by atoms with E-state index in [1.54, 1.807) is 18.2 Å². The zero-order valence-electron chi connectivity index (χ0n) is 13.1. The van der Waals surface area contributed by atoms with E-state index in [9.17, 15) is 18.8 Å². The van der Waals surface area contributed by atoms with Gasteiger partial charge in [0.25, 0.3) is 11.8 Å². The topological polar surface area (TPSA) is 84.5 Å². The van der Waals surface area contributed by atoms with Crippen LogP contribution in [0.15, 0.2) is 46.9 Å². The fourth-order valence-corrected chi connectivity index (χ4v) is 2.46. The van der Waals surface area contributed by atoms with Gasteiger partial charge in [-0.25, -0.2) is 9.18 Å². The summed E-state index contributed by atoms with van der Waals surface area (Å²) in [6.07, 6.45) is 0. The zero-order chi connectivity index (χ0) is 18.4. The Bertz CT molecular complexity index is 826. The number of hydrogen-bond acceptors (Lipinski definition) is 4. The fraction of sp³-hybridized carbons (Fsp3) is 0.118. The van der Waals surface area contributed by atoms with Crippen LogP contribution in [0.3, 0.4) is 0 Å². The van der Waals surface area contributed by atoms with Gasteiger partial charge in [0.2, 0.25) is 0 Å². The first-order chi connectivity index (χ1) is 11.9. The van der Waals surface area contributed by atoms with E-state index in [1.807, 2.05) is 0 Å². The van der Waals surface area contributed by atoms with Crippen LogP contribution in [-0.4, -0.2) is 31.4 Å². The van der Waals surface area contributed by atoms with Gasteiger partial charge in [-0.1, -0.05) is 6.07 Å². The van der Waals surface area contributed by atoms with E-state index in [0.717, 1.165) is 12.1 Å². The second-order valence-electron chi connectivity index (χ2n) is 4.91. The second-order valence-corrected chi connectivity index (χ2v) is 5.76. The second kappa shape index (κ2) is 8.39. The van der Waals surface area contributed by atoms with Crippen LogP contribution in [0.25, 0.3) is 0 Å². The largest absolute Gasteiger partial charge is 0.452 e. The number of nitrogens with one attached hydrogen (secondary N) is 2.